The van der Waals surface area contributed by atoms with Crippen LogP contribution in [0.3, 0.4) is 0 Å². The summed E-state index contributed by atoms with van der Waals surface area (Å²) in [7, 11) is 0. The predicted octanol–water partition coefficient (Wildman–Crippen LogP) is 1.62. The summed E-state index contributed by atoms with van der Waals surface area (Å²) in [6.45, 7) is 0. The maximum Gasteiger partial charge on any atom is 0.144 e. The van der Waals surface area contributed by atoms with Gasteiger partial charge in [-0.15, -0.1) is 11.3 Å². The minimum atomic E-state index is 0.00426. The van der Waals surface area contributed by atoms with Gasteiger partial charge in [0, 0.05) is 16.7 Å². The molecule has 2 nitrogen and oxygen atoms in total. The van der Waals surface area contributed by atoms with Crippen molar-refractivity contribution < 1.29 is 9.59 Å². The molecule has 0 saturated heterocycles. The van der Waals surface area contributed by atoms with Gasteiger partial charge in [-0.05, 0) is 29.9 Å². The van der Waals surface area contributed by atoms with Crippen molar-refractivity contribution in [2.24, 2.45) is 11.8 Å². The van der Waals surface area contributed by atoms with Gasteiger partial charge in [0.2, 0.25) is 0 Å². The van der Waals surface area contributed by atoms with E-state index in [0.29, 0.717) is 0 Å². The maximum absolute atomic E-state index is 11.5. The topological polar surface area (TPSA) is 34.1 Å². The van der Waals surface area contributed by atoms with Crippen LogP contribution < -0.4 is 0 Å². The fourth-order valence-corrected chi connectivity index (χ4v) is 3.53. The molecule has 1 aromatic heterocycles. The van der Waals surface area contributed by atoms with Gasteiger partial charge in [-0.25, -0.2) is 0 Å². The molecular weight excluding hydrogens is 196 g/mol. The molecule has 0 bridgehead atoms. The zero-order chi connectivity index (χ0) is 9.71. The molecule has 1 aromatic rings. The monoisotopic (exact) mass is 206 g/mol. The van der Waals surface area contributed by atoms with E-state index in [1.165, 1.54) is 10.4 Å². The number of hydrogen-bond donors (Lipinski definition) is 0. The number of Topliss-reactive ketones (excluding diaryl/α,β-unsaturated/α-hetero) is 2. The zero-order valence-corrected chi connectivity index (χ0v) is 8.47. The van der Waals surface area contributed by atoms with Gasteiger partial charge in [0.1, 0.15) is 11.6 Å². The lowest BCUT2D eigenvalue weighted by atomic mass is 9.81. The maximum atomic E-state index is 11.5. The van der Waals surface area contributed by atoms with Gasteiger partial charge in [0.05, 0.1) is 6.42 Å². The van der Waals surface area contributed by atoms with Crippen molar-refractivity contribution in [3.05, 3.63) is 21.9 Å². The van der Waals surface area contributed by atoms with Crippen LogP contribution >= 0.6 is 11.3 Å². The van der Waals surface area contributed by atoms with Crippen LogP contribution in [0.1, 0.15) is 16.9 Å². The van der Waals surface area contributed by atoms with Gasteiger partial charge < -0.3 is 0 Å². The molecule has 3 heteroatoms. The molecule has 14 heavy (non-hydrogen) atoms. The third kappa shape index (κ3) is 1.02. The number of carbonyl (C=O) groups excluding carboxylic acids is 2. The molecule has 0 aromatic carbocycles. The molecule has 0 N–H and O–H groups in total. The van der Waals surface area contributed by atoms with E-state index in [1.807, 2.05) is 0 Å². The second kappa shape index (κ2) is 2.76. The van der Waals surface area contributed by atoms with E-state index < -0.39 is 0 Å². The first kappa shape index (κ1) is 8.36. The van der Waals surface area contributed by atoms with Crippen LogP contribution in [-0.2, 0) is 22.4 Å². The van der Waals surface area contributed by atoms with Crippen LogP contribution in [0.25, 0.3) is 0 Å². The Labute approximate surface area is 85.9 Å². The van der Waals surface area contributed by atoms with Gasteiger partial charge in [0.15, 0.2) is 0 Å². The zero-order valence-electron chi connectivity index (χ0n) is 7.66. The molecule has 0 amide bonds. The molecule has 0 spiro atoms. The van der Waals surface area contributed by atoms with Crippen LogP contribution in [-0.4, -0.2) is 11.6 Å². The minimum Gasteiger partial charge on any atom is -0.299 e. The standard InChI is InChI=1S/C11H10O2S/c12-9-5-10(13)8-4-11-6(1-2-14-11)3-7(8)9/h1-2,7-8H,3-5H2. The Bertz CT molecular complexity index is 382. The van der Waals surface area contributed by atoms with E-state index in [2.05, 4.69) is 11.4 Å². The van der Waals surface area contributed by atoms with E-state index in [9.17, 15) is 9.59 Å². The van der Waals surface area contributed by atoms with Gasteiger partial charge in [-0.3, -0.25) is 9.59 Å². The SMILES string of the molecule is O=C1CC(=O)C2Cc3sccc3CC12. The van der Waals surface area contributed by atoms with Crippen molar-refractivity contribution in [2.45, 2.75) is 19.3 Å². The van der Waals surface area contributed by atoms with Gasteiger partial charge in [0.25, 0.3) is 0 Å². The van der Waals surface area contributed by atoms with Crippen LogP contribution in [0.2, 0.25) is 0 Å². The average Bonchev–Trinajstić information content (AvgIpc) is 2.70. The summed E-state index contributed by atoms with van der Waals surface area (Å²) in [6, 6.07) is 2.09. The number of carbonyl (C=O) groups is 2. The van der Waals surface area contributed by atoms with E-state index in [4.69, 9.17) is 0 Å². The van der Waals surface area contributed by atoms with Crippen molar-refractivity contribution in [1.29, 1.82) is 0 Å². The van der Waals surface area contributed by atoms with E-state index >= 15 is 0 Å². The summed E-state index contributed by atoms with van der Waals surface area (Å²) >= 11 is 1.71. The Hall–Kier alpha value is -0.960. The molecular formula is C11H10O2S. The number of rotatable bonds is 0. The van der Waals surface area contributed by atoms with E-state index in [0.717, 1.165) is 12.8 Å². The molecule has 2 atom stereocenters. The Morgan fingerprint density at radius 2 is 1.86 bits per heavy atom. The van der Waals surface area contributed by atoms with Crippen LogP contribution in [0.15, 0.2) is 11.4 Å². The average molecular weight is 206 g/mol. The van der Waals surface area contributed by atoms with E-state index in [-0.39, 0.29) is 29.8 Å². The Balaban J connectivity index is 2.02. The predicted molar refractivity (Wildman–Crippen MR) is 53.3 cm³/mol. The first-order valence-corrected chi connectivity index (χ1v) is 5.74. The summed E-state index contributed by atoms with van der Waals surface area (Å²) < 4.78 is 0. The van der Waals surface area contributed by atoms with E-state index in [1.54, 1.807) is 11.3 Å². The van der Waals surface area contributed by atoms with Gasteiger partial charge >= 0.3 is 0 Å². The molecule has 72 valence electrons. The molecule has 3 rings (SSSR count). The minimum absolute atomic E-state index is 0.00426. The fraction of sp³-hybridized carbons (Fsp3) is 0.455. The molecule has 1 saturated carbocycles. The van der Waals surface area contributed by atoms with Crippen molar-refractivity contribution in [3.63, 3.8) is 0 Å². The molecule has 0 aliphatic heterocycles. The van der Waals surface area contributed by atoms with Crippen LogP contribution in [0, 0.1) is 11.8 Å². The lowest BCUT2D eigenvalue weighted by molar-refractivity contribution is -0.122. The molecule has 2 aliphatic carbocycles. The Morgan fingerprint density at radius 3 is 2.64 bits per heavy atom. The van der Waals surface area contributed by atoms with Crippen molar-refractivity contribution in [1.82, 2.24) is 0 Å². The molecule has 2 unspecified atom stereocenters. The van der Waals surface area contributed by atoms with Crippen LogP contribution in [0.4, 0.5) is 0 Å². The summed E-state index contributed by atoms with van der Waals surface area (Å²) in [5, 5.41) is 2.06. The first-order chi connectivity index (χ1) is 6.75. The second-order valence-electron chi connectivity index (χ2n) is 4.10. The smallest absolute Gasteiger partial charge is 0.144 e. The number of hydrogen-bond acceptors (Lipinski definition) is 3. The highest BCUT2D eigenvalue weighted by Crippen LogP contribution is 2.39. The van der Waals surface area contributed by atoms with Crippen molar-refractivity contribution in [2.75, 3.05) is 0 Å². The fourth-order valence-electron chi connectivity index (χ4n) is 2.56. The highest BCUT2D eigenvalue weighted by atomic mass is 32.1. The third-order valence-electron chi connectivity index (χ3n) is 3.34. The number of fused-ring (bicyclic) bond motifs is 2. The highest BCUT2D eigenvalue weighted by Gasteiger charge is 2.44. The Morgan fingerprint density at radius 1 is 1.14 bits per heavy atom. The summed E-state index contributed by atoms with van der Waals surface area (Å²) in [4.78, 5) is 24.4. The van der Waals surface area contributed by atoms with Crippen molar-refractivity contribution >= 4 is 22.9 Å². The largest absolute Gasteiger partial charge is 0.299 e. The van der Waals surface area contributed by atoms with Crippen molar-refractivity contribution in [3.8, 4) is 0 Å². The third-order valence-corrected chi connectivity index (χ3v) is 4.33. The lowest BCUT2D eigenvalue weighted by Crippen LogP contribution is -2.26. The van der Waals surface area contributed by atoms with Crippen LogP contribution in [0.5, 0.6) is 0 Å². The number of thiophene rings is 1. The first-order valence-electron chi connectivity index (χ1n) is 4.86. The lowest BCUT2D eigenvalue weighted by Gasteiger charge is -2.22. The summed E-state index contributed by atoms with van der Waals surface area (Å²) in [5.74, 6) is 0.342. The summed E-state index contributed by atoms with van der Waals surface area (Å²) in [5.41, 5.74) is 1.29. The molecule has 0 radical (unpaired) electrons. The normalized spacial score (nSPS) is 30.3. The highest BCUT2D eigenvalue weighted by molar-refractivity contribution is 7.10. The second-order valence-corrected chi connectivity index (χ2v) is 5.10. The number of ketones is 2. The molecule has 1 fully saturated rings. The van der Waals surface area contributed by atoms with Gasteiger partial charge in [-0.2, -0.15) is 0 Å². The quantitative estimate of drug-likeness (QED) is 0.604. The molecule has 2 aliphatic rings. The Kier molecular flexibility index (Phi) is 1.65. The summed E-state index contributed by atoms with van der Waals surface area (Å²) in [6.07, 6.45) is 1.79. The van der Waals surface area contributed by atoms with Gasteiger partial charge in [-0.1, -0.05) is 0 Å². The molecule has 1 heterocycles.